The van der Waals surface area contributed by atoms with Crippen molar-refractivity contribution in [3.63, 3.8) is 0 Å². The van der Waals surface area contributed by atoms with Crippen LogP contribution in [0.1, 0.15) is 51.9 Å². The number of nitrogens with zero attached hydrogens (tertiary/aromatic N) is 1. The van der Waals surface area contributed by atoms with Crippen molar-refractivity contribution < 1.29 is 0 Å². The van der Waals surface area contributed by atoms with Gasteiger partial charge in [0.15, 0.2) is 0 Å². The number of nitrogens with two attached hydrogens (primary N) is 1. The Labute approximate surface area is 88.8 Å². The predicted octanol–water partition coefficient (Wildman–Crippen LogP) is 2.38. The first-order valence-corrected chi connectivity index (χ1v) is 6.32. The summed E-state index contributed by atoms with van der Waals surface area (Å²) in [6.07, 6.45) is 9.52. The normalized spacial score (nSPS) is 22.7. The second-order valence-electron chi connectivity index (χ2n) is 4.44. The van der Waals surface area contributed by atoms with E-state index in [2.05, 4.69) is 11.8 Å². The molecule has 0 amide bonds. The van der Waals surface area contributed by atoms with Gasteiger partial charge in [-0.25, -0.2) is 0 Å². The lowest BCUT2D eigenvalue weighted by Crippen LogP contribution is -2.38. The molecule has 1 unspecified atom stereocenters. The van der Waals surface area contributed by atoms with E-state index in [1.54, 1.807) is 0 Å². The van der Waals surface area contributed by atoms with Crippen LogP contribution in [0, 0.1) is 0 Å². The molecule has 14 heavy (non-hydrogen) atoms. The van der Waals surface area contributed by atoms with E-state index in [1.165, 1.54) is 58.0 Å². The third-order valence-corrected chi connectivity index (χ3v) is 3.38. The van der Waals surface area contributed by atoms with Crippen molar-refractivity contribution in [2.24, 2.45) is 5.73 Å². The summed E-state index contributed by atoms with van der Waals surface area (Å²) in [7, 11) is 0. The Hall–Kier alpha value is -0.0800. The van der Waals surface area contributed by atoms with Gasteiger partial charge in [0.05, 0.1) is 0 Å². The second-order valence-corrected chi connectivity index (χ2v) is 4.44. The summed E-state index contributed by atoms with van der Waals surface area (Å²) in [5.41, 5.74) is 5.65. The molecule has 1 saturated heterocycles. The van der Waals surface area contributed by atoms with E-state index < -0.39 is 0 Å². The van der Waals surface area contributed by atoms with Crippen LogP contribution in [0.5, 0.6) is 0 Å². The minimum Gasteiger partial charge on any atom is -0.330 e. The minimum atomic E-state index is 0.748. The van der Waals surface area contributed by atoms with Crippen LogP contribution in [-0.4, -0.2) is 30.6 Å². The molecule has 0 aliphatic carbocycles. The van der Waals surface area contributed by atoms with Crippen LogP contribution in [0.3, 0.4) is 0 Å². The van der Waals surface area contributed by atoms with Crippen LogP contribution in [0.2, 0.25) is 0 Å². The monoisotopic (exact) mass is 198 g/mol. The van der Waals surface area contributed by atoms with Crippen LogP contribution in [-0.2, 0) is 0 Å². The van der Waals surface area contributed by atoms with Crippen molar-refractivity contribution in [2.45, 2.75) is 57.9 Å². The van der Waals surface area contributed by atoms with Gasteiger partial charge >= 0.3 is 0 Å². The lowest BCUT2D eigenvalue weighted by atomic mass is 10.0. The smallest absolute Gasteiger partial charge is 0.0105 e. The molecule has 1 aliphatic heterocycles. The fourth-order valence-corrected chi connectivity index (χ4v) is 2.47. The number of likely N-dealkylation sites (tertiary alicyclic amines) is 1. The predicted molar refractivity (Wildman–Crippen MR) is 62.4 cm³/mol. The summed E-state index contributed by atoms with van der Waals surface area (Å²) in [6, 6.07) is 0.748. The average molecular weight is 198 g/mol. The zero-order valence-electron chi connectivity index (χ0n) is 9.67. The summed E-state index contributed by atoms with van der Waals surface area (Å²) in [6.45, 7) is 5.74. The van der Waals surface area contributed by atoms with Gasteiger partial charge in [-0.15, -0.1) is 0 Å². The van der Waals surface area contributed by atoms with Gasteiger partial charge in [0.1, 0.15) is 0 Å². The van der Waals surface area contributed by atoms with E-state index in [9.17, 15) is 0 Å². The maximum Gasteiger partial charge on any atom is 0.0105 e. The molecule has 0 saturated carbocycles. The van der Waals surface area contributed by atoms with Crippen molar-refractivity contribution in [3.05, 3.63) is 0 Å². The molecule has 0 radical (unpaired) electrons. The Morgan fingerprint density at radius 3 is 2.14 bits per heavy atom. The van der Waals surface area contributed by atoms with Crippen LogP contribution in [0.15, 0.2) is 0 Å². The van der Waals surface area contributed by atoms with Crippen molar-refractivity contribution >= 4 is 0 Å². The van der Waals surface area contributed by atoms with Gasteiger partial charge < -0.3 is 10.6 Å². The Morgan fingerprint density at radius 1 is 1.07 bits per heavy atom. The van der Waals surface area contributed by atoms with Gasteiger partial charge in [0.2, 0.25) is 0 Å². The standard InChI is InChI=1S/C12H26N2/c1-2-12(8-9-13)14-10-6-4-3-5-7-11-14/h12H,2-11,13H2,1H3. The summed E-state index contributed by atoms with van der Waals surface area (Å²) in [4.78, 5) is 2.67. The molecule has 84 valence electrons. The number of rotatable bonds is 4. The summed E-state index contributed by atoms with van der Waals surface area (Å²) in [5, 5.41) is 0. The minimum absolute atomic E-state index is 0.748. The van der Waals surface area contributed by atoms with Crippen LogP contribution < -0.4 is 5.73 Å². The maximum atomic E-state index is 5.65. The number of hydrogen-bond donors (Lipinski definition) is 1. The van der Waals surface area contributed by atoms with Crippen molar-refractivity contribution in [1.82, 2.24) is 4.90 Å². The first-order valence-electron chi connectivity index (χ1n) is 6.32. The maximum absolute atomic E-state index is 5.65. The highest BCUT2D eigenvalue weighted by atomic mass is 15.1. The largest absolute Gasteiger partial charge is 0.330 e. The molecular weight excluding hydrogens is 172 g/mol. The highest BCUT2D eigenvalue weighted by molar-refractivity contribution is 4.72. The molecule has 0 bridgehead atoms. The molecule has 2 heteroatoms. The molecule has 1 aliphatic rings. The Morgan fingerprint density at radius 2 is 1.64 bits per heavy atom. The third kappa shape index (κ3) is 3.97. The van der Waals surface area contributed by atoms with E-state index in [0.717, 1.165) is 12.6 Å². The Bertz CT molecular complexity index is 128. The van der Waals surface area contributed by atoms with E-state index in [0.29, 0.717) is 0 Å². The van der Waals surface area contributed by atoms with Gasteiger partial charge in [0, 0.05) is 6.04 Å². The zero-order chi connectivity index (χ0) is 10.2. The summed E-state index contributed by atoms with van der Waals surface area (Å²) < 4.78 is 0. The van der Waals surface area contributed by atoms with Gasteiger partial charge in [0.25, 0.3) is 0 Å². The van der Waals surface area contributed by atoms with Gasteiger partial charge in [-0.1, -0.05) is 26.2 Å². The molecule has 1 heterocycles. The van der Waals surface area contributed by atoms with Crippen molar-refractivity contribution in [2.75, 3.05) is 19.6 Å². The van der Waals surface area contributed by atoms with Gasteiger partial charge in [-0.05, 0) is 45.3 Å². The fraction of sp³-hybridized carbons (Fsp3) is 1.00. The van der Waals surface area contributed by atoms with E-state index in [-0.39, 0.29) is 0 Å². The van der Waals surface area contributed by atoms with Crippen LogP contribution in [0.4, 0.5) is 0 Å². The lowest BCUT2D eigenvalue weighted by Gasteiger charge is -2.32. The first kappa shape index (κ1) is 12.0. The van der Waals surface area contributed by atoms with Crippen LogP contribution >= 0.6 is 0 Å². The van der Waals surface area contributed by atoms with E-state index >= 15 is 0 Å². The highest BCUT2D eigenvalue weighted by Gasteiger charge is 2.16. The average Bonchev–Trinajstić information content (AvgIpc) is 2.15. The Kier molecular flexibility index (Phi) is 6.20. The summed E-state index contributed by atoms with van der Waals surface area (Å²) >= 11 is 0. The topological polar surface area (TPSA) is 29.3 Å². The molecular formula is C12H26N2. The number of hydrogen-bond acceptors (Lipinski definition) is 2. The van der Waals surface area contributed by atoms with Crippen molar-refractivity contribution in [1.29, 1.82) is 0 Å². The summed E-state index contributed by atoms with van der Waals surface area (Å²) in [5.74, 6) is 0. The van der Waals surface area contributed by atoms with Gasteiger partial charge in [-0.2, -0.15) is 0 Å². The zero-order valence-corrected chi connectivity index (χ0v) is 9.67. The molecule has 0 aromatic carbocycles. The Balaban J connectivity index is 2.35. The van der Waals surface area contributed by atoms with Gasteiger partial charge in [-0.3, -0.25) is 0 Å². The van der Waals surface area contributed by atoms with Crippen LogP contribution in [0.25, 0.3) is 0 Å². The molecule has 1 fully saturated rings. The van der Waals surface area contributed by atoms with E-state index in [1.807, 2.05) is 0 Å². The van der Waals surface area contributed by atoms with E-state index in [4.69, 9.17) is 5.73 Å². The SMILES string of the molecule is CCC(CCN)N1CCCCCCC1. The quantitative estimate of drug-likeness (QED) is 0.751. The first-order chi connectivity index (χ1) is 6.88. The molecule has 1 atom stereocenters. The van der Waals surface area contributed by atoms with Crippen molar-refractivity contribution in [3.8, 4) is 0 Å². The molecule has 0 spiro atoms. The molecule has 2 nitrogen and oxygen atoms in total. The third-order valence-electron chi connectivity index (χ3n) is 3.38. The fourth-order valence-electron chi connectivity index (χ4n) is 2.47. The lowest BCUT2D eigenvalue weighted by molar-refractivity contribution is 0.168. The molecule has 1 rings (SSSR count). The molecule has 2 N–H and O–H groups in total. The molecule has 0 aromatic heterocycles. The second kappa shape index (κ2) is 7.24. The molecule has 0 aromatic rings. The highest BCUT2D eigenvalue weighted by Crippen LogP contribution is 2.15.